The van der Waals surface area contributed by atoms with Crippen LogP contribution in [0.25, 0.3) is 0 Å². The van der Waals surface area contributed by atoms with Gasteiger partial charge in [-0.1, -0.05) is 44.5 Å². The van der Waals surface area contributed by atoms with E-state index >= 15 is 0 Å². The maximum absolute atomic E-state index is 5.85. The summed E-state index contributed by atoms with van der Waals surface area (Å²) in [6, 6.07) is 15.3. The van der Waals surface area contributed by atoms with Gasteiger partial charge >= 0.3 is 0 Å². The smallest absolute Gasteiger partial charge is 0.174 e. The van der Waals surface area contributed by atoms with Gasteiger partial charge in [-0.3, -0.25) is 0 Å². The summed E-state index contributed by atoms with van der Waals surface area (Å²) in [7, 11) is 1.69. The lowest BCUT2D eigenvalue weighted by Crippen LogP contribution is -2.40. The first-order chi connectivity index (χ1) is 15.1. The molecule has 0 bridgehead atoms. The van der Waals surface area contributed by atoms with Gasteiger partial charge in [0.2, 0.25) is 0 Å². The van der Waals surface area contributed by atoms with Crippen LogP contribution in [-0.2, 0) is 13.0 Å². The van der Waals surface area contributed by atoms with E-state index in [-0.39, 0.29) is 0 Å². The van der Waals surface area contributed by atoms with Crippen molar-refractivity contribution in [2.75, 3.05) is 30.4 Å². The molecule has 2 aromatic rings. The maximum Gasteiger partial charge on any atom is 0.174 e. The van der Waals surface area contributed by atoms with Crippen molar-refractivity contribution in [2.24, 2.45) is 0 Å². The van der Waals surface area contributed by atoms with Crippen LogP contribution in [0.3, 0.4) is 0 Å². The van der Waals surface area contributed by atoms with Crippen LogP contribution in [0.15, 0.2) is 42.5 Å². The molecule has 5 heteroatoms. The number of unbranched alkanes of at least 4 members (excludes halogenated alkanes) is 1. The normalized spacial score (nSPS) is 14.0. The van der Waals surface area contributed by atoms with E-state index in [1.807, 2.05) is 24.3 Å². The number of nitrogens with zero attached hydrogens (tertiary/aromatic N) is 2. The highest BCUT2D eigenvalue weighted by atomic mass is 32.1. The molecule has 1 atom stereocenters. The van der Waals surface area contributed by atoms with E-state index in [1.165, 1.54) is 49.0 Å². The number of para-hydroxylation sites is 2. The summed E-state index contributed by atoms with van der Waals surface area (Å²) in [6.07, 6.45) is 5.93. The van der Waals surface area contributed by atoms with E-state index < -0.39 is 0 Å². The molecule has 168 valence electrons. The number of methoxy groups -OCH3 is 1. The van der Waals surface area contributed by atoms with Gasteiger partial charge in [0.15, 0.2) is 5.11 Å². The van der Waals surface area contributed by atoms with Gasteiger partial charge in [0, 0.05) is 31.4 Å². The molecule has 1 aliphatic rings. The Morgan fingerprint density at radius 2 is 2.03 bits per heavy atom. The number of aryl methyl sites for hydroxylation is 1. The molecule has 0 amide bonds. The predicted molar refractivity (Wildman–Crippen MR) is 136 cm³/mol. The van der Waals surface area contributed by atoms with Crippen molar-refractivity contribution in [2.45, 2.75) is 65.5 Å². The third-order valence-corrected chi connectivity index (χ3v) is 6.56. The van der Waals surface area contributed by atoms with Crippen LogP contribution in [0, 0.1) is 0 Å². The Morgan fingerprint density at radius 3 is 2.77 bits per heavy atom. The van der Waals surface area contributed by atoms with E-state index in [0.29, 0.717) is 6.04 Å². The summed E-state index contributed by atoms with van der Waals surface area (Å²) in [5.41, 5.74) is 5.13. The molecule has 0 fully saturated rings. The van der Waals surface area contributed by atoms with Crippen molar-refractivity contribution >= 4 is 28.7 Å². The van der Waals surface area contributed by atoms with Gasteiger partial charge in [0.05, 0.1) is 12.8 Å². The zero-order chi connectivity index (χ0) is 22.2. The van der Waals surface area contributed by atoms with Gasteiger partial charge in [-0.15, -0.1) is 0 Å². The minimum absolute atomic E-state index is 0.340. The summed E-state index contributed by atoms with van der Waals surface area (Å²) in [5.74, 6) is 0.801. The Hall–Kier alpha value is -2.27. The molecular formula is C26H37N3OS. The molecule has 1 aliphatic heterocycles. The number of rotatable bonds is 9. The first-order valence-corrected chi connectivity index (χ1v) is 12.1. The van der Waals surface area contributed by atoms with E-state index in [0.717, 1.165) is 36.1 Å². The lowest BCUT2D eigenvalue weighted by molar-refractivity contribution is 0.319. The largest absolute Gasteiger partial charge is 0.495 e. The fourth-order valence-corrected chi connectivity index (χ4v) is 4.54. The summed E-state index contributed by atoms with van der Waals surface area (Å²) >= 11 is 5.85. The SMILES string of the molecule is CCCCN1CCCc2cc(CN(C(=S)Nc3ccccc3OC)[C@@H](C)CC)ccc21. The zero-order valence-electron chi connectivity index (χ0n) is 19.5. The van der Waals surface area contributed by atoms with Crippen molar-refractivity contribution < 1.29 is 4.74 Å². The second kappa shape index (κ2) is 11.4. The van der Waals surface area contributed by atoms with Crippen LogP contribution >= 0.6 is 12.2 Å². The van der Waals surface area contributed by atoms with E-state index in [9.17, 15) is 0 Å². The van der Waals surface area contributed by atoms with Crippen molar-refractivity contribution in [1.82, 2.24) is 4.90 Å². The molecular weight excluding hydrogens is 402 g/mol. The van der Waals surface area contributed by atoms with Crippen molar-refractivity contribution in [1.29, 1.82) is 0 Å². The van der Waals surface area contributed by atoms with E-state index in [4.69, 9.17) is 17.0 Å². The molecule has 0 unspecified atom stereocenters. The minimum atomic E-state index is 0.340. The molecule has 0 radical (unpaired) electrons. The average molecular weight is 440 g/mol. The van der Waals surface area contributed by atoms with Crippen LogP contribution in [0.5, 0.6) is 5.75 Å². The highest BCUT2D eigenvalue weighted by Crippen LogP contribution is 2.29. The topological polar surface area (TPSA) is 27.7 Å². The van der Waals surface area contributed by atoms with Gasteiger partial charge in [-0.25, -0.2) is 0 Å². The number of hydrogen-bond donors (Lipinski definition) is 1. The van der Waals surface area contributed by atoms with E-state index in [1.54, 1.807) is 7.11 Å². The van der Waals surface area contributed by atoms with Crippen LogP contribution in [0.2, 0.25) is 0 Å². The molecule has 3 rings (SSSR count). The van der Waals surface area contributed by atoms with Crippen LogP contribution in [0.1, 0.15) is 57.6 Å². The summed E-state index contributed by atoms with van der Waals surface area (Å²) in [4.78, 5) is 4.85. The lowest BCUT2D eigenvalue weighted by atomic mass is 9.98. The summed E-state index contributed by atoms with van der Waals surface area (Å²) < 4.78 is 5.49. The maximum atomic E-state index is 5.85. The molecule has 0 saturated carbocycles. The number of fused-ring (bicyclic) bond motifs is 1. The fourth-order valence-electron chi connectivity index (χ4n) is 4.19. The summed E-state index contributed by atoms with van der Waals surface area (Å²) in [6.45, 7) is 9.85. The Kier molecular flexibility index (Phi) is 8.59. The minimum Gasteiger partial charge on any atom is -0.495 e. The van der Waals surface area contributed by atoms with Gasteiger partial charge in [0.1, 0.15) is 5.75 Å². The van der Waals surface area contributed by atoms with Crippen molar-refractivity contribution in [3.8, 4) is 5.75 Å². The molecule has 2 aromatic carbocycles. The van der Waals surface area contributed by atoms with Crippen molar-refractivity contribution in [3.05, 3.63) is 53.6 Å². The van der Waals surface area contributed by atoms with Crippen LogP contribution in [0.4, 0.5) is 11.4 Å². The van der Waals surface area contributed by atoms with Gasteiger partial charge in [0.25, 0.3) is 0 Å². The molecule has 0 saturated heterocycles. The van der Waals surface area contributed by atoms with E-state index in [2.05, 4.69) is 54.1 Å². The van der Waals surface area contributed by atoms with Crippen LogP contribution in [-0.4, -0.2) is 36.3 Å². The number of hydrogen-bond acceptors (Lipinski definition) is 3. The third-order valence-electron chi connectivity index (χ3n) is 6.23. The zero-order valence-corrected chi connectivity index (χ0v) is 20.3. The highest BCUT2D eigenvalue weighted by molar-refractivity contribution is 7.80. The van der Waals surface area contributed by atoms with Gasteiger partial charge in [-0.05, 0) is 74.2 Å². The standard InChI is InChI=1S/C26H37N3OS/c1-5-7-16-28-17-10-11-22-18-21(14-15-24(22)28)19-29(20(3)6-2)26(31)27-23-12-8-9-13-25(23)30-4/h8-9,12-15,18,20H,5-7,10-11,16-17,19H2,1-4H3,(H,27,31)/t20-/m0/s1. The second-order valence-electron chi connectivity index (χ2n) is 8.42. The number of thiocarbonyl (C=S) groups is 1. The molecule has 0 spiro atoms. The molecule has 0 aliphatic carbocycles. The van der Waals surface area contributed by atoms with Crippen molar-refractivity contribution in [3.63, 3.8) is 0 Å². The average Bonchev–Trinajstić information content (AvgIpc) is 2.80. The summed E-state index contributed by atoms with van der Waals surface area (Å²) in [5, 5.41) is 4.15. The quantitative estimate of drug-likeness (QED) is 0.467. The predicted octanol–water partition coefficient (Wildman–Crippen LogP) is 6.25. The Bertz CT molecular complexity index is 869. The number of benzene rings is 2. The number of anilines is 2. The van der Waals surface area contributed by atoms with Crippen LogP contribution < -0.4 is 15.0 Å². The molecule has 0 aromatic heterocycles. The molecule has 4 nitrogen and oxygen atoms in total. The lowest BCUT2D eigenvalue weighted by Gasteiger charge is -2.34. The third kappa shape index (κ3) is 5.91. The Balaban J connectivity index is 1.77. The first-order valence-electron chi connectivity index (χ1n) is 11.6. The monoisotopic (exact) mass is 439 g/mol. The number of ether oxygens (including phenoxy) is 1. The molecule has 31 heavy (non-hydrogen) atoms. The fraction of sp³-hybridized carbons (Fsp3) is 0.500. The number of nitrogens with one attached hydrogen (secondary N) is 1. The Labute approximate surface area is 193 Å². The van der Waals surface area contributed by atoms with Gasteiger partial charge < -0.3 is 19.9 Å². The highest BCUT2D eigenvalue weighted by Gasteiger charge is 2.20. The molecule has 1 heterocycles. The Morgan fingerprint density at radius 1 is 1.23 bits per heavy atom. The molecule has 1 N–H and O–H groups in total. The van der Waals surface area contributed by atoms with Gasteiger partial charge in [-0.2, -0.15) is 0 Å². The second-order valence-corrected chi connectivity index (χ2v) is 8.81. The first kappa shape index (κ1) is 23.4.